The summed E-state index contributed by atoms with van der Waals surface area (Å²) in [5.41, 5.74) is 4.29. The zero-order valence-corrected chi connectivity index (χ0v) is 13.4. The van der Waals surface area contributed by atoms with Crippen LogP contribution >= 0.6 is 15.9 Å². The second kappa shape index (κ2) is 5.78. The zero-order valence-electron chi connectivity index (χ0n) is 11.8. The van der Waals surface area contributed by atoms with Crippen LogP contribution in [0.2, 0.25) is 0 Å². The molecule has 1 aromatic heterocycles. The Bertz CT molecular complexity index is 611. The van der Waals surface area contributed by atoms with Crippen LogP contribution in [0.4, 0.5) is 5.69 Å². The number of nitrogens with one attached hydrogen (secondary N) is 1. The minimum absolute atomic E-state index is 0.854. The predicted octanol–water partition coefficient (Wildman–Crippen LogP) is 4.44. The van der Waals surface area contributed by atoms with Crippen LogP contribution in [0.25, 0.3) is 10.9 Å². The minimum Gasteiger partial charge on any atom is -0.496 e. The van der Waals surface area contributed by atoms with Crippen LogP contribution in [0.5, 0.6) is 5.75 Å². The lowest BCUT2D eigenvalue weighted by atomic mass is 10.1. The standard InChI is InChI=1S/C15H19BrN2O/c1-5-8-17-14-9(2)10(3)18-15-11(16)6-7-12(19-4)13(14)15/h6-7H,5,8H2,1-4H3,(H,17,18). The van der Waals surface area contributed by atoms with Crippen LogP contribution in [0.15, 0.2) is 16.6 Å². The van der Waals surface area contributed by atoms with Gasteiger partial charge >= 0.3 is 0 Å². The normalized spacial score (nSPS) is 10.8. The molecule has 0 amide bonds. The highest BCUT2D eigenvalue weighted by Gasteiger charge is 2.15. The van der Waals surface area contributed by atoms with Gasteiger partial charge in [-0.25, -0.2) is 0 Å². The van der Waals surface area contributed by atoms with E-state index in [4.69, 9.17) is 4.74 Å². The number of pyridine rings is 1. The van der Waals surface area contributed by atoms with Gasteiger partial charge in [0.2, 0.25) is 0 Å². The highest BCUT2D eigenvalue weighted by Crippen LogP contribution is 2.38. The van der Waals surface area contributed by atoms with Crippen molar-refractivity contribution in [1.29, 1.82) is 0 Å². The molecular weight excluding hydrogens is 304 g/mol. The number of fused-ring (bicyclic) bond motifs is 1. The lowest BCUT2D eigenvalue weighted by Crippen LogP contribution is -2.05. The first-order chi connectivity index (χ1) is 9.10. The summed E-state index contributed by atoms with van der Waals surface area (Å²) in [5.74, 6) is 0.854. The molecule has 3 nitrogen and oxygen atoms in total. The fourth-order valence-electron chi connectivity index (χ4n) is 2.16. The second-order valence-electron chi connectivity index (χ2n) is 4.60. The lowest BCUT2D eigenvalue weighted by Gasteiger charge is -2.17. The molecule has 2 aromatic rings. The van der Waals surface area contributed by atoms with E-state index in [-0.39, 0.29) is 0 Å². The van der Waals surface area contributed by atoms with E-state index in [9.17, 15) is 0 Å². The van der Waals surface area contributed by atoms with Crippen molar-refractivity contribution in [3.8, 4) is 5.75 Å². The van der Waals surface area contributed by atoms with Gasteiger partial charge < -0.3 is 10.1 Å². The number of nitrogens with zero attached hydrogens (tertiary/aromatic N) is 1. The Morgan fingerprint density at radius 1 is 1.32 bits per heavy atom. The van der Waals surface area contributed by atoms with E-state index < -0.39 is 0 Å². The molecule has 0 spiro atoms. The Balaban J connectivity index is 2.80. The van der Waals surface area contributed by atoms with Crippen molar-refractivity contribution in [2.24, 2.45) is 0 Å². The monoisotopic (exact) mass is 322 g/mol. The Kier molecular flexibility index (Phi) is 4.30. The molecule has 0 bridgehead atoms. The van der Waals surface area contributed by atoms with E-state index >= 15 is 0 Å². The van der Waals surface area contributed by atoms with Crippen molar-refractivity contribution in [1.82, 2.24) is 4.98 Å². The number of ether oxygens (including phenoxy) is 1. The Hall–Kier alpha value is -1.29. The van der Waals surface area contributed by atoms with Crippen LogP contribution < -0.4 is 10.1 Å². The maximum Gasteiger partial charge on any atom is 0.130 e. The van der Waals surface area contributed by atoms with Gasteiger partial charge in [-0.05, 0) is 53.9 Å². The summed E-state index contributed by atoms with van der Waals surface area (Å²) in [6, 6.07) is 3.95. The van der Waals surface area contributed by atoms with Crippen LogP contribution in [0.1, 0.15) is 24.6 Å². The summed E-state index contributed by atoms with van der Waals surface area (Å²) < 4.78 is 6.49. The van der Waals surface area contributed by atoms with Gasteiger partial charge in [0.15, 0.2) is 0 Å². The third-order valence-corrected chi connectivity index (χ3v) is 3.95. The van der Waals surface area contributed by atoms with Crippen LogP contribution in [-0.2, 0) is 0 Å². The molecule has 2 rings (SSSR count). The molecule has 19 heavy (non-hydrogen) atoms. The summed E-state index contributed by atoms with van der Waals surface area (Å²) in [6.45, 7) is 7.23. The highest BCUT2D eigenvalue weighted by molar-refractivity contribution is 9.10. The Labute approximate surface area is 122 Å². The molecule has 0 radical (unpaired) electrons. The summed E-state index contributed by atoms with van der Waals surface area (Å²) in [4.78, 5) is 4.69. The van der Waals surface area contributed by atoms with Gasteiger partial charge in [0.25, 0.3) is 0 Å². The molecule has 0 saturated carbocycles. The number of rotatable bonds is 4. The zero-order chi connectivity index (χ0) is 14.0. The van der Waals surface area contributed by atoms with Gasteiger partial charge in [0, 0.05) is 16.7 Å². The van der Waals surface area contributed by atoms with Crippen molar-refractivity contribution in [2.75, 3.05) is 19.0 Å². The van der Waals surface area contributed by atoms with E-state index in [1.165, 1.54) is 5.56 Å². The van der Waals surface area contributed by atoms with E-state index in [1.807, 2.05) is 19.1 Å². The molecule has 102 valence electrons. The third-order valence-electron chi connectivity index (χ3n) is 3.31. The van der Waals surface area contributed by atoms with E-state index in [2.05, 4.69) is 40.1 Å². The largest absolute Gasteiger partial charge is 0.496 e. The number of hydrogen-bond acceptors (Lipinski definition) is 3. The average molecular weight is 323 g/mol. The quantitative estimate of drug-likeness (QED) is 0.903. The molecule has 0 saturated heterocycles. The van der Waals surface area contributed by atoms with Crippen LogP contribution in [0.3, 0.4) is 0 Å². The van der Waals surface area contributed by atoms with E-state index in [0.29, 0.717) is 0 Å². The molecule has 1 N–H and O–H groups in total. The molecule has 1 aromatic carbocycles. The molecule has 0 aliphatic rings. The Morgan fingerprint density at radius 2 is 2.05 bits per heavy atom. The summed E-state index contributed by atoms with van der Waals surface area (Å²) in [6.07, 6.45) is 1.08. The molecule has 0 fully saturated rings. The van der Waals surface area contributed by atoms with Gasteiger partial charge in [-0.15, -0.1) is 0 Å². The fourth-order valence-corrected chi connectivity index (χ4v) is 2.58. The lowest BCUT2D eigenvalue weighted by molar-refractivity contribution is 0.420. The first-order valence-corrected chi connectivity index (χ1v) is 7.26. The summed E-state index contributed by atoms with van der Waals surface area (Å²) in [7, 11) is 1.70. The molecule has 0 aliphatic carbocycles. The summed E-state index contributed by atoms with van der Waals surface area (Å²) in [5, 5.41) is 4.56. The summed E-state index contributed by atoms with van der Waals surface area (Å²) >= 11 is 3.58. The maximum atomic E-state index is 5.50. The van der Waals surface area contributed by atoms with E-state index in [0.717, 1.165) is 45.5 Å². The molecule has 4 heteroatoms. The molecule has 0 unspecified atom stereocenters. The van der Waals surface area contributed by atoms with Crippen molar-refractivity contribution < 1.29 is 4.74 Å². The van der Waals surface area contributed by atoms with Crippen molar-refractivity contribution in [3.05, 3.63) is 27.9 Å². The van der Waals surface area contributed by atoms with Crippen LogP contribution in [0, 0.1) is 13.8 Å². The SMILES string of the molecule is CCCNc1c(C)c(C)nc2c(Br)ccc(OC)c12. The molecule has 0 atom stereocenters. The highest BCUT2D eigenvalue weighted by atomic mass is 79.9. The number of aromatic nitrogens is 1. The number of methoxy groups -OCH3 is 1. The number of benzene rings is 1. The first kappa shape index (κ1) is 14.1. The predicted molar refractivity (Wildman–Crippen MR) is 84.2 cm³/mol. The fraction of sp³-hybridized carbons (Fsp3) is 0.400. The van der Waals surface area contributed by atoms with Crippen molar-refractivity contribution >= 4 is 32.5 Å². The maximum absolute atomic E-state index is 5.50. The Morgan fingerprint density at radius 3 is 2.68 bits per heavy atom. The molecular formula is C15H19BrN2O. The van der Waals surface area contributed by atoms with Gasteiger partial charge in [0.05, 0.1) is 23.7 Å². The van der Waals surface area contributed by atoms with Crippen molar-refractivity contribution in [2.45, 2.75) is 27.2 Å². The van der Waals surface area contributed by atoms with Gasteiger partial charge in [0.1, 0.15) is 5.75 Å². The number of hydrogen-bond donors (Lipinski definition) is 1. The third kappa shape index (κ3) is 2.54. The number of halogens is 1. The van der Waals surface area contributed by atoms with Gasteiger partial charge in [-0.2, -0.15) is 0 Å². The van der Waals surface area contributed by atoms with Crippen LogP contribution in [-0.4, -0.2) is 18.6 Å². The molecule has 1 heterocycles. The first-order valence-electron chi connectivity index (χ1n) is 6.47. The second-order valence-corrected chi connectivity index (χ2v) is 5.45. The van der Waals surface area contributed by atoms with Gasteiger partial charge in [-0.1, -0.05) is 6.92 Å². The smallest absolute Gasteiger partial charge is 0.130 e. The van der Waals surface area contributed by atoms with Gasteiger partial charge in [-0.3, -0.25) is 4.98 Å². The minimum atomic E-state index is 0.854. The average Bonchev–Trinajstić information content (AvgIpc) is 2.41. The number of aryl methyl sites for hydroxylation is 1. The van der Waals surface area contributed by atoms with Crippen molar-refractivity contribution in [3.63, 3.8) is 0 Å². The number of anilines is 1. The van der Waals surface area contributed by atoms with E-state index in [1.54, 1.807) is 7.11 Å². The molecule has 0 aliphatic heterocycles. The topological polar surface area (TPSA) is 34.2 Å².